The van der Waals surface area contributed by atoms with Crippen LogP contribution < -0.4 is 4.74 Å². The Morgan fingerprint density at radius 2 is 1.88 bits per heavy atom. The number of carboxylic acids is 1. The van der Waals surface area contributed by atoms with Crippen LogP contribution in [0.3, 0.4) is 0 Å². The number of carbonyl (C=O) groups is 1. The SMILES string of the molecule is O=C(O)CC1CN(Cc2ccc(OCc3ccccc3)cc2)CCO1. The normalized spacial score (nSPS) is 18.0. The van der Waals surface area contributed by atoms with Crippen LogP contribution in [0.15, 0.2) is 54.6 Å². The van der Waals surface area contributed by atoms with Crippen molar-refractivity contribution in [3.05, 3.63) is 65.7 Å². The highest BCUT2D eigenvalue weighted by atomic mass is 16.5. The summed E-state index contributed by atoms with van der Waals surface area (Å²) in [6.07, 6.45) is -0.164. The fourth-order valence-corrected chi connectivity index (χ4v) is 2.93. The highest BCUT2D eigenvalue weighted by molar-refractivity contribution is 5.67. The molecule has 0 aliphatic carbocycles. The third-order valence-corrected chi connectivity index (χ3v) is 4.20. The molecule has 1 saturated heterocycles. The van der Waals surface area contributed by atoms with Crippen LogP contribution in [0.5, 0.6) is 5.75 Å². The summed E-state index contributed by atoms with van der Waals surface area (Å²) in [6.45, 7) is 3.40. The van der Waals surface area contributed by atoms with Crippen LogP contribution in [0.4, 0.5) is 0 Å². The van der Waals surface area contributed by atoms with Crippen LogP contribution in [-0.4, -0.2) is 41.8 Å². The molecule has 1 N–H and O–H groups in total. The summed E-state index contributed by atoms with van der Waals surface area (Å²) in [5, 5.41) is 8.89. The van der Waals surface area contributed by atoms with Gasteiger partial charge in [0.25, 0.3) is 0 Å². The van der Waals surface area contributed by atoms with Gasteiger partial charge >= 0.3 is 5.97 Å². The quantitative estimate of drug-likeness (QED) is 0.839. The predicted molar refractivity (Wildman–Crippen MR) is 94.5 cm³/mol. The van der Waals surface area contributed by atoms with Crippen molar-refractivity contribution >= 4 is 5.97 Å². The van der Waals surface area contributed by atoms with E-state index in [2.05, 4.69) is 17.0 Å². The van der Waals surface area contributed by atoms with E-state index in [9.17, 15) is 4.79 Å². The summed E-state index contributed by atoms with van der Waals surface area (Å²) in [4.78, 5) is 13.1. The van der Waals surface area contributed by atoms with Gasteiger partial charge in [-0.3, -0.25) is 9.69 Å². The fourth-order valence-electron chi connectivity index (χ4n) is 2.93. The van der Waals surface area contributed by atoms with Crippen molar-refractivity contribution < 1.29 is 19.4 Å². The molecule has 1 fully saturated rings. The van der Waals surface area contributed by atoms with Crippen molar-refractivity contribution in [2.75, 3.05) is 19.7 Å². The molecule has 0 aromatic heterocycles. The van der Waals surface area contributed by atoms with Gasteiger partial charge in [-0.15, -0.1) is 0 Å². The molecule has 25 heavy (non-hydrogen) atoms. The van der Waals surface area contributed by atoms with E-state index in [0.717, 1.165) is 24.4 Å². The molecule has 1 atom stereocenters. The second-order valence-corrected chi connectivity index (χ2v) is 6.24. The van der Waals surface area contributed by atoms with Crippen molar-refractivity contribution in [1.82, 2.24) is 4.90 Å². The first kappa shape index (κ1) is 17.5. The van der Waals surface area contributed by atoms with Gasteiger partial charge in [0.1, 0.15) is 12.4 Å². The summed E-state index contributed by atoms with van der Waals surface area (Å²) in [7, 11) is 0. The van der Waals surface area contributed by atoms with Crippen molar-refractivity contribution in [3.8, 4) is 5.75 Å². The average Bonchev–Trinajstić information content (AvgIpc) is 2.62. The number of hydrogen-bond acceptors (Lipinski definition) is 4. The molecule has 1 heterocycles. The summed E-state index contributed by atoms with van der Waals surface area (Å²) < 4.78 is 11.3. The smallest absolute Gasteiger partial charge is 0.306 e. The number of aliphatic carboxylic acids is 1. The number of rotatable bonds is 7. The van der Waals surface area contributed by atoms with Gasteiger partial charge in [0.05, 0.1) is 19.1 Å². The Bertz CT molecular complexity index is 672. The standard InChI is InChI=1S/C20H23NO4/c22-20(23)12-19-14-21(10-11-24-19)13-16-6-8-18(9-7-16)25-15-17-4-2-1-3-5-17/h1-9,19H,10-15H2,(H,22,23). The number of hydrogen-bond donors (Lipinski definition) is 1. The van der Waals surface area contributed by atoms with Crippen LogP contribution in [-0.2, 0) is 22.7 Å². The second-order valence-electron chi connectivity index (χ2n) is 6.24. The largest absolute Gasteiger partial charge is 0.489 e. The van der Waals surface area contributed by atoms with E-state index in [0.29, 0.717) is 19.8 Å². The zero-order valence-electron chi connectivity index (χ0n) is 14.1. The lowest BCUT2D eigenvalue weighted by Crippen LogP contribution is -2.42. The summed E-state index contributed by atoms with van der Waals surface area (Å²) in [6, 6.07) is 18.2. The third kappa shape index (κ3) is 5.59. The number of carboxylic acid groups (broad SMARTS) is 1. The number of nitrogens with zero attached hydrogens (tertiary/aromatic N) is 1. The van der Waals surface area contributed by atoms with Crippen LogP contribution in [0.2, 0.25) is 0 Å². The van der Waals surface area contributed by atoms with E-state index >= 15 is 0 Å². The minimum absolute atomic E-state index is 0.0583. The van der Waals surface area contributed by atoms with E-state index in [-0.39, 0.29) is 12.5 Å². The molecule has 0 amide bonds. The Morgan fingerprint density at radius 1 is 1.12 bits per heavy atom. The van der Waals surface area contributed by atoms with E-state index in [1.165, 1.54) is 5.56 Å². The van der Waals surface area contributed by atoms with Gasteiger partial charge in [0.15, 0.2) is 0 Å². The number of ether oxygens (including phenoxy) is 2. The Kier molecular flexibility index (Phi) is 6.04. The molecular formula is C20H23NO4. The molecule has 2 aromatic carbocycles. The molecule has 132 valence electrons. The zero-order valence-corrected chi connectivity index (χ0v) is 14.1. The minimum atomic E-state index is -0.813. The first-order valence-electron chi connectivity index (χ1n) is 8.50. The highest BCUT2D eigenvalue weighted by Crippen LogP contribution is 2.17. The van der Waals surface area contributed by atoms with Gasteiger partial charge in [-0.2, -0.15) is 0 Å². The van der Waals surface area contributed by atoms with Crippen LogP contribution >= 0.6 is 0 Å². The average molecular weight is 341 g/mol. The molecule has 1 aliphatic heterocycles. The molecule has 0 spiro atoms. The van der Waals surface area contributed by atoms with Gasteiger partial charge in [0, 0.05) is 19.6 Å². The number of morpholine rings is 1. The lowest BCUT2D eigenvalue weighted by molar-refractivity contribution is -0.142. The maximum absolute atomic E-state index is 10.8. The maximum Gasteiger partial charge on any atom is 0.306 e. The summed E-state index contributed by atoms with van der Waals surface area (Å²) in [5.74, 6) is 0.0325. The third-order valence-electron chi connectivity index (χ3n) is 4.20. The van der Waals surface area contributed by atoms with Crippen LogP contribution in [0.25, 0.3) is 0 Å². The predicted octanol–water partition coefficient (Wildman–Crippen LogP) is 2.94. The van der Waals surface area contributed by atoms with Gasteiger partial charge < -0.3 is 14.6 Å². The van der Waals surface area contributed by atoms with Gasteiger partial charge in [0.2, 0.25) is 0 Å². The molecule has 0 bridgehead atoms. The Morgan fingerprint density at radius 3 is 2.60 bits per heavy atom. The fraction of sp³-hybridized carbons (Fsp3) is 0.350. The molecule has 1 unspecified atom stereocenters. The molecule has 1 aliphatic rings. The first-order valence-corrected chi connectivity index (χ1v) is 8.50. The monoisotopic (exact) mass is 341 g/mol. The molecule has 0 saturated carbocycles. The molecular weight excluding hydrogens is 318 g/mol. The molecule has 5 nitrogen and oxygen atoms in total. The minimum Gasteiger partial charge on any atom is -0.489 e. The van der Waals surface area contributed by atoms with Crippen molar-refractivity contribution in [1.29, 1.82) is 0 Å². The van der Waals surface area contributed by atoms with Gasteiger partial charge in [-0.25, -0.2) is 0 Å². The topological polar surface area (TPSA) is 59.0 Å². The second kappa shape index (κ2) is 8.65. The molecule has 3 rings (SSSR count). The Balaban J connectivity index is 1.49. The van der Waals surface area contributed by atoms with Crippen molar-refractivity contribution in [2.24, 2.45) is 0 Å². The van der Waals surface area contributed by atoms with Crippen LogP contribution in [0, 0.1) is 0 Å². The summed E-state index contributed by atoms with van der Waals surface area (Å²) in [5.41, 5.74) is 2.33. The number of benzene rings is 2. The summed E-state index contributed by atoms with van der Waals surface area (Å²) >= 11 is 0. The van der Waals surface area contributed by atoms with Crippen molar-refractivity contribution in [2.45, 2.75) is 25.7 Å². The Hall–Kier alpha value is -2.37. The Labute approximate surface area is 147 Å². The maximum atomic E-state index is 10.8. The van der Waals surface area contributed by atoms with E-state index in [1.54, 1.807) is 0 Å². The van der Waals surface area contributed by atoms with E-state index < -0.39 is 5.97 Å². The van der Waals surface area contributed by atoms with E-state index in [1.807, 2.05) is 42.5 Å². The first-order chi connectivity index (χ1) is 12.2. The lowest BCUT2D eigenvalue weighted by atomic mass is 10.1. The van der Waals surface area contributed by atoms with Gasteiger partial charge in [-0.05, 0) is 23.3 Å². The lowest BCUT2D eigenvalue weighted by Gasteiger charge is -2.32. The van der Waals surface area contributed by atoms with E-state index in [4.69, 9.17) is 14.6 Å². The highest BCUT2D eigenvalue weighted by Gasteiger charge is 2.22. The van der Waals surface area contributed by atoms with Crippen LogP contribution in [0.1, 0.15) is 17.5 Å². The molecule has 5 heteroatoms. The zero-order chi connectivity index (χ0) is 17.5. The molecule has 2 aromatic rings. The van der Waals surface area contributed by atoms with Gasteiger partial charge in [-0.1, -0.05) is 42.5 Å². The molecule has 0 radical (unpaired) electrons. The van der Waals surface area contributed by atoms with Crippen molar-refractivity contribution in [3.63, 3.8) is 0 Å².